The van der Waals surface area contributed by atoms with Gasteiger partial charge in [-0.15, -0.1) is 0 Å². The van der Waals surface area contributed by atoms with Crippen LogP contribution >= 0.6 is 0 Å². The van der Waals surface area contributed by atoms with E-state index < -0.39 is 5.97 Å². The summed E-state index contributed by atoms with van der Waals surface area (Å²) in [6, 6.07) is 7.08. The summed E-state index contributed by atoms with van der Waals surface area (Å²) < 4.78 is 5.35. The maximum Gasteiger partial charge on any atom is 0.336 e. The number of rotatable bonds is 4. The number of carbonyl (C=O) groups is 1. The van der Waals surface area contributed by atoms with Crippen LogP contribution in [0.25, 0.3) is 0 Å². The fraction of sp³-hybridized carbons (Fsp3) is 0.462. The molecular formula is C13H17NO3. The second-order valence-electron chi connectivity index (χ2n) is 4.68. The molecule has 2 rings (SSSR count). The third-order valence-electron chi connectivity index (χ3n) is 3.17. The van der Waals surface area contributed by atoms with Crippen LogP contribution in [-0.2, 0) is 11.3 Å². The van der Waals surface area contributed by atoms with Gasteiger partial charge in [0.1, 0.15) is 0 Å². The third kappa shape index (κ3) is 2.84. The molecule has 0 aromatic heterocycles. The van der Waals surface area contributed by atoms with Gasteiger partial charge in [0.25, 0.3) is 0 Å². The predicted molar refractivity (Wildman–Crippen MR) is 64.1 cm³/mol. The van der Waals surface area contributed by atoms with Crippen molar-refractivity contribution in [3.8, 4) is 0 Å². The topological polar surface area (TPSA) is 58.6 Å². The van der Waals surface area contributed by atoms with Gasteiger partial charge in [0.15, 0.2) is 0 Å². The summed E-state index contributed by atoms with van der Waals surface area (Å²) in [4.78, 5) is 11.0. The number of hydrogen-bond acceptors (Lipinski definition) is 3. The first-order valence-electron chi connectivity index (χ1n) is 5.75. The fourth-order valence-electron chi connectivity index (χ4n) is 2.00. The molecule has 0 bridgehead atoms. The Bertz CT molecular complexity index is 411. The van der Waals surface area contributed by atoms with Gasteiger partial charge in [0.2, 0.25) is 0 Å². The molecule has 1 aliphatic rings. The molecule has 4 heteroatoms. The third-order valence-corrected chi connectivity index (χ3v) is 3.17. The van der Waals surface area contributed by atoms with Crippen molar-refractivity contribution in [2.45, 2.75) is 25.4 Å². The van der Waals surface area contributed by atoms with Crippen LogP contribution in [0.5, 0.6) is 0 Å². The van der Waals surface area contributed by atoms with E-state index in [4.69, 9.17) is 9.84 Å². The Morgan fingerprint density at radius 1 is 1.53 bits per heavy atom. The van der Waals surface area contributed by atoms with Gasteiger partial charge in [-0.1, -0.05) is 18.2 Å². The largest absolute Gasteiger partial charge is 0.478 e. The van der Waals surface area contributed by atoms with Crippen LogP contribution in [-0.4, -0.2) is 29.8 Å². The van der Waals surface area contributed by atoms with E-state index in [-0.39, 0.29) is 5.54 Å². The minimum Gasteiger partial charge on any atom is -0.478 e. The fourth-order valence-corrected chi connectivity index (χ4v) is 2.00. The molecule has 1 saturated heterocycles. The highest BCUT2D eigenvalue weighted by Gasteiger charge is 2.29. The Morgan fingerprint density at radius 3 is 2.94 bits per heavy atom. The number of hydrogen-bond donors (Lipinski definition) is 2. The van der Waals surface area contributed by atoms with E-state index in [1.54, 1.807) is 12.1 Å². The quantitative estimate of drug-likeness (QED) is 0.833. The summed E-state index contributed by atoms with van der Waals surface area (Å²) >= 11 is 0. The Morgan fingerprint density at radius 2 is 2.29 bits per heavy atom. The summed E-state index contributed by atoms with van der Waals surface area (Å²) in [5, 5.41) is 12.5. The van der Waals surface area contributed by atoms with Gasteiger partial charge < -0.3 is 15.2 Å². The predicted octanol–water partition coefficient (Wildman–Crippen LogP) is 1.65. The van der Waals surface area contributed by atoms with Crippen molar-refractivity contribution in [3.05, 3.63) is 35.4 Å². The van der Waals surface area contributed by atoms with Crippen LogP contribution in [0.15, 0.2) is 24.3 Å². The first kappa shape index (κ1) is 12.1. The Balaban J connectivity index is 2.06. The molecule has 1 aromatic carbocycles. The lowest BCUT2D eigenvalue weighted by Crippen LogP contribution is -2.42. The highest BCUT2D eigenvalue weighted by Crippen LogP contribution is 2.19. The van der Waals surface area contributed by atoms with Gasteiger partial charge in [-0.25, -0.2) is 4.79 Å². The van der Waals surface area contributed by atoms with Gasteiger partial charge in [0, 0.05) is 18.7 Å². The molecule has 1 unspecified atom stereocenters. The molecule has 0 radical (unpaired) electrons. The van der Waals surface area contributed by atoms with Crippen LogP contribution < -0.4 is 5.32 Å². The summed E-state index contributed by atoms with van der Waals surface area (Å²) in [6.45, 7) is 4.11. The lowest BCUT2D eigenvalue weighted by Gasteiger charge is -2.24. The number of nitrogens with one attached hydrogen (secondary N) is 1. The zero-order chi connectivity index (χ0) is 12.3. The van der Waals surface area contributed by atoms with E-state index >= 15 is 0 Å². The molecule has 0 saturated carbocycles. The lowest BCUT2D eigenvalue weighted by molar-refractivity contribution is 0.0695. The molecule has 1 atom stereocenters. The van der Waals surface area contributed by atoms with Gasteiger partial charge in [-0.05, 0) is 25.0 Å². The minimum atomic E-state index is -0.879. The summed E-state index contributed by atoms with van der Waals surface area (Å²) in [6.07, 6.45) is 0.961. The van der Waals surface area contributed by atoms with Crippen molar-refractivity contribution >= 4 is 5.97 Å². The Labute approximate surface area is 101 Å². The number of carboxylic acid groups (broad SMARTS) is 1. The molecule has 1 fully saturated rings. The van der Waals surface area contributed by atoms with Gasteiger partial charge >= 0.3 is 5.97 Å². The molecular weight excluding hydrogens is 218 g/mol. The monoisotopic (exact) mass is 235 g/mol. The Hall–Kier alpha value is -1.39. The smallest absolute Gasteiger partial charge is 0.336 e. The SMILES string of the molecule is CC1(NCc2ccccc2C(=O)O)CCOC1. The maximum atomic E-state index is 11.0. The molecule has 1 aliphatic heterocycles. The molecule has 4 nitrogen and oxygen atoms in total. The molecule has 17 heavy (non-hydrogen) atoms. The molecule has 1 aromatic rings. The van der Waals surface area contributed by atoms with Crippen LogP contribution in [0.2, 0.25) is 0 Å². The average molecular weight is 235 g/mol. The van der Waals surface area contributed by atoms with Gasteiger partial charge in [-0.2, -0.15) is 0 Å². The molecule has 1 heterocycles. The summed E-state index contributed by atoms with van der Waals surface area (Å²) in [5.74, 6) is -0.879. The van der Waals surface area contributed by atoms with Gasteiger partial charge in [-0.3, -0.25) is 0 Å². The zero-order valence-corrected chi connectivity index (χ0v) is 9.90. The van der Waals surface area contributed by atoms with E-state index in [1.807, 2.05) is 12.1 Å². The van der Waals surface area contributed by atoms with E-state index in [1.165, 1.54) is 0 Å². The van der Waals surface area contributed by atoms with Crippen LogP contribution in [0.4, 0.5) is 0 Å². The van der Waals surface area contributed by atoms with E-state index in [2.05, 4.69) is 12.2 Å². The number of carboxylic acids is 1. The average Bonchev–Trinajstić information content (AvgIpc) is 2.74. The normalized spacial score (nSPS) is 23.8. The number of aromatic carboxylic acids is 1. The molecule has 0 spiro atoms. The van der Waals surface area contributed by atoms with Crippen molar-refractivity contribution in [3.63, 3.8) is 0 Å². The lowest BCUT2D eigenvalue weighted by atomic mass is 10.0. The van der Waals surface area contributed by atoms with E-state index in [0.717, 1.165) is 18.6 Å². The second-order valence-corrected chi connectivity index (χ2v) is 4.68. The van der Waals surface area contributed by atoms with Crippen molar-refractivity contribution in [2.75, 3.05) is 13.2 Å². The van der Waals surface area contributed by atoms with Crippen LogP contribution in [0, 0.1) is 0 Å². The molecule has 2 N–H and O–H groups in total. The van der Waals surface area contributed by atoms with Crippen LogP contribution in [0.3, 0.4) is 0 Å². The molecule has 92 valence electrons. The Kier molecular flexibility index (Phi) is 3.45. The van der Waals surface area contributed by atoms with Crippen molar-refractivity contribution in [1.82, 2.24) is 5.32 Å². The number of ether oxygens (including phenoxy) is 1. The molecule has 0 amide bonds. The van der Waals surface area contributed by atoms with Crippen molar-refractivity contribution in [1.29, 1.82) is 0 Å². The van der Waals surface area contributed by atoms with Crippen LogP contribution in [0.1, 0.15) is 29.3 Å². The van der Waals surface area contributed by atoms with Crippen molar-refractivity contribution in [2.24, 2.45) is 0 Å². The minimum absolute atomic E-state index is 0.0361. The standard InChI is InChI=1S/C13H17NO3/c1-13(6-7-17-9-13)14-8-10-4-2-3-5-11(10)12(15)16/h2-5,14H,6-9H2,1H3,(H,15,16). The van der Waals surface area contributed by atoms with E-state index in [0.29, 0.717) is 18.7 Å². The van der Waals surface area contributed by atoms with Crippen molar-refractivity contribution < 1.29 is 14.6 Å². The second kappa shape index (κ2) is 4.85. The van der Waals surface area contributed by atoms with Gasteiger partial charge in [0.05, 0.1) is 12.2 Å². The first-order chi connectivity index (χ1) is 8.11. The van der Waals surface area contributed by atoms with E-state index in [9.17, 15) is 4.79 Å². The highest BCUT2D eigenvalue weighted by molar-refractivity contribution is 5.89. The summed E-state index contributed by atoms with van der Waals surface area (Å²) in [7, 11) is 0. The highest BCUT2D eigenvalue weighted by atomic mass is 16.5. The first-order valence-corrected chi connectivity index (χ1v) is 5.75. The number of benzene rings is 1. The molecule has 0 aliphatic carbocycles. The summed E-state index contributed by atoms with van der Waals surface area (Å²) in [5.41, 5.74) is 1.14. The maximum absolute atomic E-state index is 11.0. The zero-order valence-electron chi connectivity index (χ0n) is 9.90.